The summed E-state index contributed by atoms with van der Waals surface area (Å²) in [5.74, 6) is 2.52. The summed E-state index contributed by atoms with van der Waals surface area (Å²) in [5.41, 5.74) is 5.84. The van der Waals surface area contributed by atoms with E-state index in [1.54, 1.807) is 6.07 Å². The summed E-state index contributed by atoms with van der Waals surface area (Å²) in [6.07, 6.45) is 2.34. The number of rotatable bonds is 6. The Labute approximate surface area is 120 Å². The van der Waals surface area contributed by atoms with E-state index in [4.69, 9.17) is 15.2 Å². The van der Waals surface area contributed by atoms with Crippen molar-refractivity contribution >= 4 is 11.6 Å². The summed E-state index contributed by atoms with van der Waals surface area (Å²) in [5, 5.41) is 0. The highest BCUT2D eigenvalue weighted by Crippen LogP contribution is 2.19. The fourth-order valence-electron chi connectivity index (χ4n) is 2.39. The van der Waals surface area contributed by atoms with Crippen LogP contribution in [0.1, 0.15) is 25.6 Å². The molecule has 0 aromatic carbocycles. The predicted molar refractivity (Wildman–Crippen MR) is 78.6 cm³/mol. The zero-order chi connectivity index (χ0) is 14.4. The molecule has 0 radical (unpaired) electrons. The molecule has 0 spiro atoms. The molecule has 1 saturated heterocycles. The molecule has 1 aromatic rings. The standard InChI is InChI=1S/C14H24N4O2/c1-3-19-10-13-16-12(15)7-14(17-13)18(2)8-11-5-4-6-20-9-11/h7,11H,3-6,8-10H2,1-2H3,(H2,15,16,17). The molecule has 2 N–H and O–H groups in total. The van der Waals surface area contributed by atoms with E-state index in [-0.39, 0.29) is 0 Å². The topological polar surface area (TPSA) is 73.5 Å². The monoisotopic (exact) mass is 280 g/mol. The van der Waals surface area contributed by atoms with Gasteiger partial charge in [-0.05, 0) is 25.7 Å². The number of hydrogen-bond acceptors (Lipinski definition) is 6. The van der Waals surface area contributed by atoms with Crippen molar-refractivity contribution in [2.75, 3.05) is 44.0 Å². The van der Waals surface area contributed by atoms with Crippen LogP contribution in [0.4, 0.5) is 11.6 Å². The van der Waals surface area contributed by atoms with Gasteiger partial charge in [0, 0.05) is 32.9 Å². The van der Waals surface area contributed by atoms with Gasteiger partial charge in [0.1, 0.15) is 18.2 Å². The van der Waals surface area contributed by atoms with Gasteiger partial charge in [-0.25, -0.2) is 9.97 Å². The van der Waals surface area contributed by atoms with Crippen molar-refractivity contribution in [1.82, 2.24) is 9.97 Å². The van der Waals surface area contributed by atoms with E-state index in [9.17, 15) is 0 Å². The van der Waals surface area contributed by atoms with Gasteiger partial charge in [-0.15, -0.1) is 0 Å². The minimum Gasteiger partial charge on any atom is -0.384 e. The molecule has 6 heteroatoms. The predicted octanol–water partition coefficient (Wildman–Crippen LogP) is 1.46. The summed E-state index contributed by atoms with van der Waals surface area (Å²) < 4.78 is 10.9. The lowest BCUT2D eigenvalue weighted by Crippen LogP contribution is -2.31. The van der Waals surface area contributed by atoms with Crippen molar-refractivity contribution in [3.8, 4) is 0 Å². The molecular weight excluding hydrogens is 256 g/mol. The smallest absolute Gasteiger partial charge is 0.158 e. The summed E-state index contributed by atoms with van der Waals surface area (Å²) in [7, 11) is 2.03. The lowest BCUT2D eigenvalue weighted by molar-refractivity contribution is 0.0576. The Balaban J connectivity index is 2.00. The third-order valence-electron chi connectivity index (χ3n) is 3.39. The fourth-order valence-corrected chi connectivity index (χ4v) is 2.39. The van der Waals surface area contributed by atoms with Gasteiger partial charge in [-0.3, -0.25) is 0 Å². The number of hydrogen-bond donors (Lipinski definition) is 1. The normalized spacial score (nSPS) is 19.0. The molecule has 1 fully saturated rings. The van der Waals surface area contributed by atoms with Crippen LogP contribution in [0.5, 0.6) is 0 Å². The van der Waals surface area contributed by atoms with Gasteiger partial charge in [0.2, 0.25) is 0 Å². The zero-order valence-electron chi connectivity index (χ0n) is 12.3. The number of aromatic nitrogens is 2. The molecule has 1 aliphatic rings. The average Bonchev–Trinajstić information content (AvgIpc) is 2.45. The maximum absolute atomic E-state index is 5.84. The molecular formula is C14H24N4O2. The molecule has 0 amide bonds. The summed E-state index contributed by atoms with van der Waals surface area (Å²) in [6, 6.07) is 1.80. The van der Waals surface area contributed by atoms with E-state index in [0.717, 1.165) is 32.0 Å². The second kappa shape index (κ2) is 7.40. The van der Waals surface area contributed by atoms with Crippen LogP contribution in [0.15, 0.2) is 6.07 Å². The molecule has 0 saturated carbocycles. The molecule has 20 heavy (non-hydrogen) atoms. The van der Waals surface area contributed by atoms with Crippen LogP contribution in [0.25, 0.3) is 0 Å². The van der Waals surface area contributed by atoms with Crippen molar-refractivity contribution < 1.29 is 9.47 Å². The van der Waals surface area contributed by atoms with Crippen LogP contribution >= 0.6 is 0 Å². The molecule has 1 unspecified atom stereocenters. The molecule has 2 rings (SSSR count). The lowest BCUT2D eigenvalue weighted by atomic mass is 10.0. The first kappa shape index (κ1) is 15.0. The first-order chi connectivity index (χ1) is 9.69. The van der Waals surface area contributed by atoms with E-state index in [2.05, 4.69) is 14.9 Å². The number of nitrogens with two attached hydrogens (primary N) is 1. The summed E-state index contributed by atoms with van der Waals surface area (Å²) in [6.45, 7) is 5.63. The molecule has 2 heterocycles. The summed E-state index contributed by atoms with van der Waals surface area (Å²) >= 11 is 0. The number of anilines is 2. The van der Waals surface area contributed by atoms with E-state index in [0.29, 0.717) is 30.8 Å². The molecule has 1 aromatic heterocycles. The van der Waals surface area contributed by atoms with E-state index in [1.807, 2.05) is 14.0 Å². The lowest BCUT2D eigenvalue weighted by Gasteiger charge is -2.28. The van der Waals surface area contributed by atoms with Crippen LogP contribution in [0, 0.1) is 5.92 Å². The minimum atomic E-state index is 0.398. The highest BCUT2D eigenvalue weighted by molar-refractivity contribution is 5.46. The third kappa shape index (κ3) is 4.31. The highest BCUT2D eigenvalue weighted by Gasteiger charge is 2.17. The first-order valence-corrected chi connectivity index (χ1v) is 7.19. The Kier molecular flexibility index (Phi) is 5.55. The van der Waals surface area contributed by atoms with E-state index >= 15 is 0 Å². The third-order valence-corrected chi connectivity index (χ3v) is 3.39. The minimum absolute atomic E-state index is 0.398. The zero-order valence-corrected chi connectivity index (χ0v) is 12.3. The van der Waals surface area contributed by atoms with Gasteiger partial charge >= 0.3 is 0 Å². The largest absolute Gasteiger partial charge is 0.384 e. The van der Waals surface area contributed by atoms with Crippen molar-refractivity contribution in [2.24, 2.45) is 5.92 Å². The molecule has 0 aliphatic carbocycles. The van der Waals surface area contributed by atoms with Crippen molar-refractivity contribution in [1.29, 1.82) is 0 Å². The number of nitrogen functional groups attached to an aromatic ring is 1. The molecule has 0 bridgehead atoms. The van der Waals surface area contributed by atoms with Gasteiger partial charge in [0.25, 0.3) is 0 Å². The van der Waals surface area contributed by atoms with Gasteiger partial charge in [-0.2, -0.15) is 0 Å². The highest BCUT2D eigenvalue weighted by atomic mass is 16.5. The van der Waals surface area contributed by atoms with Crippen LogP contribution in [-0.2, 0) is 16.1 Å². The van der Waals surface area contributed by atoms with Gasteiger partial charge in [0.05, 0.1) is 6.61 Å². The van der Waals surface area contributed by atoms with E-state index < -0.39 is 0 Å². The van der Waals surface area contributed by atoms with Crippen LogP contribution in [0.3, 0.4) is 0 Å². The van der Waals surface area contributed by atoms with E-state index in [1.165, 1.54) is 6.42 Å². The fraction of sp³-hybridized carbons (Fsp3) is 0.714. The Hall–Kier alpha value is -1.40. The Morgan fingerprint density at radius 2 is 2.35 bits per heavy atom. The Bertz CT molecular complexity index is 422. The van der Waals surface area contributed by atoms with Gasteiger partial charge in [-0.1, -0.05) is 0 Å². The average molecular weight is 280 g/mol. The van der Waals surface area contributed by atoms with Crippen molar-refractivity contribution in [2.45, 2.75) is 26.4 Å². The molecule has 1 atom stereocenters. The first-order valence-electron chi connectivity index (χ1n) is 7.19. The van der Waals surface area contributed by atoms with Crippen LogP contribution in [0.2, 0.25) is 0 Å². The SMILES string of the molecule is CCOCc1nc(N)cc(N(C)CC2CCCOC2)n1. The Morgan fingerprint density at radius 3 is 3.05 bits per heavy atom. The van der Waals surface area contributed by atoms with Crippen molar-refractivity contribution in [3.63, 3.8) is 0 Å². The molecule has 1 aliphatic heterocycles. The van der Waals surface area contributed by atoms with Gasteiger partial charge < -0.3 is 20.1 Å². The second-order valence-electron chi connectivity index (χ2n) is 5.17. The van der Waals surface area contributed by atoms with Gasteiger partial charge in [0.15, 0.2) is 5.82 Å². The quantitative estimate of drug-likeness (QED) is 0.850. The summed E-state index contributed by atoms with van der Waals surface area (Å²) in [4.78, 5) is 10.8. The maximum atomic E-state index is 5.84. The molecule has 6 nitrogen and oxygen atoms in total. The van der Waals surface area contributed by atoms with Crippen molar-refractivity contribution in [3.05, 3.63) is 11.9 Å². The maximum Gasteiger partial charge on any atom is 0.158 e. The van der Waals surface area contributed by atoms with Crippen LogP contribution < -0.4 is 10.6 Å². The Morgan fingerprint density at radius 1 is 1.50 bits per heavy atom. The number of nitrogens with zero attached hydrogens (tertiary/aromatic N) is 3. The molecule has 112 valence electrons. The second-order valence-corrected chi connectivity index (χ2v) is 5.17. The number of ether oxygens (including phenoxy) is 2. The van der Waals surface area contributed by atoms with Crippen LogP contribution in [-0.4, -0.2) is 43.4 Å².